The van der Waals surface area contributed by atoms with Crippen molar-refractivity contribution >= 4 is 5.91 Å². The molecule has 0 saturated heterocycles. The van der Waals surface area contributed by atoms with Crippen molar-refractivity contribution < 1.29 is 14.3 Å². The lowest BCUT2D eigenvalue weighted by Gasteiger charge is -2.07. The minimum atomic E-state index is -0.130. The Labute approximate surface area is 128 Å². The fourth-order valence-corrected chi connectivity index (χ4v) is 2.57. The van der Waals surface area contributed by atoms with E-state index in [0.29, 0.717) is 29.5 Å². The number of nitrogens with one attached hydrogen (secondary N) is 1. The number of carbonyl (C=O) groups excluding carboxylic acids is 1. The monoisotopic (exact) mass is 296 g/mol. The first-order chi connectivity index (χ1) is 10.8. The van der Waals surface area contributed by atoms with Crippen molar-refractivity contribution in [1.82, 2.24) is 10.3 Å². The van der Waals surface area contributed by atoms with Gasteiger partial charge in [-0.1, -0.05) is 6.07 Å². The lowest BCUT2D eigenvalue weighted by Crippen LogP contribution is -2.22. The van der Waals surface area contributed by atoms with Gasteiger partial charge in [-0.25, -0.2) is 0 Å². The predicted molar refractivity (Wildman–Crippen MR) is 79.9 cm³/mol. The predicted octanol–water partition coefficient (Wildman–Crippen LogP) is 2.62. The van der Waals surface area contributed by atoms with Crippen LogP contribution >= 0.6 is 0 Å². The van der Waals surface area contributed by atoms with Crippen LogP contribution in [0, 0.1) is 0 Å². The third kappa shape index (κ3) is 2.62. The van der Waals surface area contributed by atoms with Crippen molar-refractivity contribution in [3.63, 3.8) is 0 Å². The summed E-state index contributed by atoms with van der Waals surface area (Å²) in [5.41, 5.74) is 2.86. The topological polar surface area (TPSA) is 60.5 Å². The fourth-order valence-electron chi connectivity index (χ4n) is 2.57. The Bertz CT molecular complexity index is 726. The molecule has 5 heteroatoms. The molecule has 0 atom stereocenters. The van der Waals surface area contributed by atoms with E-state index in [1.165, 1.54) is 18.4 Å². The Morgan fingerprint density at radius 3 is 2.91 bits per heavy atom. The second-order valence-corrected chi connectivity index (χ2v) is 5.65. The van der Waals surface area contributed by atoms with Gasteiger partial charge in [0, 0.05) is 24.5 Å². The molecule has 1 aromatic heterocycles. The summed E-state index contributed by atoms with van der Waals surface area (Å²) in [4.78, 5) is 16.5. The van der Waals surface area contributed by atoms with Crippen LogP contribution in [0.3, 0.4) is 0 Å². The molecule has 5 nitrogen and oxygen atoms in total. The van der Waals surface area contributed by atoms with Gasteiger partial charge in [0.25, 0.3) is 5.91 Å². The molecule has 1 N–H and O–H groups in total. The van der Waals surface area contributed by atoms with Gasteiger partial charge < -0.3 is 14.8 Å². The second kappa shape index (κ2) is 5.33. The van der Waals surface area contributed by atoms with Gasteiger partial charge in [-0.3, -0.25) is 9.78 Å². The molecule has 22 heavy (non-hydrogen) atoms. The van der Waals surface area contributed by atoms with Crippen LogP contribution in [0.5, 0.6) is 11.5 Å². The summed E-state index contributed by atoms with van der Waals surface area (Å²) < 4.78 is 10.5. The molecule has 2 heterocycles. The van der Waals surface area contributed by atoms with Gasteiger partial charge in [0.2, 0.25) is 6.79 Å². The number of pyridine rings is 1. The highest BCUT2D eigenvalue weighted by Gasteiger charge is 2.23. The number of hydrogen-bond acceptors (Lipinski definition) is 4. The summed E-state index contributed by atoms with van der Waals surface area (Å²) in [5, 5.41) is 2.92. The van der Waals surface area contributed by atoms with E-state index >= 15 is 0 Å². The maximum Gasteiger partial charge on any atom is 0.251 e. The lowest BCUT2D eigenvalue weighted by atomic mass is 10.1. The number of amides is 1. The van der Waals surface area contributed by atoms with E-state index in [0.717, 1.165) is 5.56 Å². The normalized spacial score (nSPS) is 15.6. The number of benzene rings is 1. The first-order valence-electron chi connectivity index (χ1n) is 7.41. The molecule has 1 amide bonds. The zero-order valence-corrected chi connectivity index (χ0v) is 12.0. The smallest absolute Gasteiger partial charge is 0.251 e. The number of hydrogen-bond donors (Lipinski definition) is 1. The van der Waals surface area contributed by atoms with Gasteiger partial charge in [-0.15, -0.1) is 0 Å². The maximum absolute atomic E-state index is 12.2. The molecule has 1 saturated carbocycles. The Morgan fingerprint density at radius 2 is 2.05 bits per heavy atom. The van der Waals surface area contributed by atoms with Crippen LogP contribution in [0.25, 0.3) is 0 Å². The molecule has 1 aliphatic heterocycles. The quantitative estimate of drug-likeness (QED) is 0.942. The molecule has 0 spiro atoms. The fraction of sp³-hybridized carbons (Fsp3) is 0.294. The number of rotatable bonds is 4. The van der Waals surface area contributed by atoms with Crippen molar-refractivity contribution in [1.29, 1.82) is 0 Å². The van der Waals surface area contributed by atoms with E-state index in [4.69, 9.17) is 9.47 Å². The Balaban J connectivity index is 1.42. The van der Waals surface area contributed by atoms with Gasteiger partial charge in [0.15, 0.2) is 11.5 Å². The Hall–Kier alpha value is -2.56. The molecule has 1 fully saturated rings. The molecule has 1 aliphatic carbocycles. The van der Waals surface area contributed by atoms with E-state index in [-0.39, 0.29) is 12.7 Å². The van der Waals surface area contributed by atoms with Gasteiger partial charge in [0.1, 0.15) is 0 Å². The van der Waals surface area contributed by atoms with Crippen molar-refractivity contribution in [2.45, 2.75) is 25.3 Å². The Kier molecular flexibility index (Phi) is 3.18. The van der Waals surface area contributed by atoms with Crippen LogP contribution in [-0.4, -0.2) is 17.7 Å². The average molecular weight is 296 g/mol. The first kappa shape index (κ1) is 13.1. The van der Waals surface area contributed by atoms with Crippen molar-refractivity contribution in [3.8, 4) is 11.5 Å². The van der Waals surface area contributed by atoms with E-state index in [1.54, 1.807) is 24.4 Å². The molecule has 0 bridgehead atoms. The maximum atomic E-state index is 12.2. The van der Waals surface area contributed by atoms with Gasteiger partial charge in [0.05, 0.1) is 0 Å². The van der Waals surface area contributed by atoms with Crippen LogP contribution in [0.1, 0.15) is 40.2 Å². The SMILES string of the molecule is O=C(NCc1cncc(C2CC2)c1)c1ccc2c(c1)OCO2. The van der Waals surface area contributed by atoms with Crippen molar-refractivity contribution in [3.05, 3.63) is 53.3 Å². The average Bonchev–Trinajstić information content (AvgIpc) is 3.30. The van der Waals surface area contributed by atoms with Crippen LogP contribution in [0.4, 0.5) is 0 Å². The molecule has 4 rings (SSSR count). The van der Waals surface area contributed by atoms with Crippen LogP contribution in [0.15, 0.2) is 36.7 Å². The minimum absolute atomic E-state index is 0.130. The molecule has 112 valence electrons. The zero-order chi connectivity index (χ0) is 14.9. The molecule has 2 aliphatic rings. The third-order valence-corrected chi connectivity index (χ3v) is 3.95. The van der Waals surface area contributed by atoms with Crippen molar-refractivity contribution in [2.24, 2.45) is 0 Å². The first-order valence-corrected chi connectivity index (χ1v) is 7.41. The van der Waals surface area contributed by atoms with E-state index < -0.39 is 0 Å². The van der Waals surface area contributed by atoms with Crippen LogP contribution in [0.2, 0.25) is 0 Å². The number of carbonyl (C=O) groups is 1. The van der Waals surface area contributed by atoms with Gasteiger partial charge >= 0.3 is 0 Å². The summed E-state index contributed by atoms with van der Waals surface area (Å²) in [7, 11) is 0. The van der Waals surface area contributed by atoms with E-state index in [1.807, 2.05) is 6.20 Å². The molecule has 0 unspecified atom stereocenters. The number of ether oxygens (including phenoxy) is 2. The summed E-state index contributed by atoms with van der Waals surface area (Å²) in [6.07, 6.45) is 6.20. The van der Waals surface area contributed by atoms with Crippen molar-refractivity contribution in [2.75, 3.05) is 6.79 Å². The molecule has 1 aromatic carbocycles. The molecular formula is C17H16N2O3. The van der Waals surface area contributed by atoms with Crippen LogP contribution in [-0.2, 0) is 6.54 Å². The van der Waals surface area contributed by atoms with E-state index in [2.05, 4.69) is 16.4 Å². The highest BCUT2D eigenvalue weighted by Crippen LogP contribution is 2.39. The zero-order valence-electron chi connectivity index (χ0n) is 12.0. The summed E-state index contributed by atoms with van der Waals surface area (Å²) in [6.45, 7) is 0.681. The standard InChI is InChI=1S/C17H16N2O3/c20-17(13-3-4-15-16(6-13)22-10-21-15)19-8-11-5-14(9-18-7-11)12-1-2-12/h3-7,9,12H,1-2,8,10H2,(H,19,20). The summed E-state index contributed by atoms with van der Waals surface area (Å²) in [6, 6.07) is 7.33. The van der Waals surface area contributed by atoms with Crippen LogP contribution < -0.4 is 14.8 Å². The lowest BCUT2D eigenvalue weighted by molar-refractivity contribution is 0.0950. The number of aromatic nitrogens is 1. The van der Waals surface area contributed by atoms with Gasteiger partial charge in [-0.05, 0) is 48.1 Å². The highest BCUT2D eigenvalue weighted by atomic mass is 16.7. The summed E-state index contributed by atoms with van der Waals surface area (Å²) in [5.74, 6) is 1.83. The minimum Gasteiger partial charge on any atom is -0.454 e. The Morgan fingerprint density at radius 1 is 1.18 bits per heavy atom. The van der Waals surface area contributed by atoms with E-state index in [9.17, 15) is 4.79 Å². The largest absolute Gasteiger partial charge is 0.454 e. The molecule has 2 aromatic rings. The molecular weight excluding hydrogens is 280 g/mol. The highest BCUT2D eigenvalue weighted by molar-refractivity contribution is 5.94. The number of nitrogens with zero attached hydrogens (tertiary/aromatic N) is 1. The third-order valence-electron chi connectivity index (χ3n) is 3.95. The summed E-state index contributed by atoms with van der Waals surface area (Å²) >= 11 is 0. The molecule has 0 radical (unpaired) electrons. The second-order valence-electron chi connectivity index (χ2n) is 5.65. The van der Waals surface area contributed by atoms with Gasteiger partial charge in [-0.2, -0.15) is 0 Å². The number of fused-ring (bicyclic) bond motifs is 1.